The van der Waals surface area contributed by atoms with Crippen LogP contribution in [0.5, 0.6) is 0 Å². The summed E-state index contributed by atoms with van der Waals surface area (Å²) in [6.45, 7) is 7.96. The molecule has 5 heteroatoms. The summed E-state index contributed by atoms with van der Waals surface area (Å²) in [6, 6.07) is 0.405. The highest BCUT2D eigenvalue weighted by Crippen LogP contribution is 2.23. The number of nitrogens with one attached hydrogen (secondary N) is 3. The van der Waals surface area contributed by atoms with E-state index in [1.165, 1.54) is 24.8 Å². The van der Waals surface area contributed by atoms with Crippen LogP contribution in [-0.2, 0) is 16.8 Å². The van der Waals surface area contributed by atoms with Crippen LogP contribution in [0, 0.1) is 0 Å². The fraction of sp³-hybridized carbons (Fsp3) is 0.765. The number of carbonyl (C=O) groups is 1. The van der Waals surface area contributed by atoms with Gasteiger partial charge in [0, 0.05) is 42.2 Å². The second-order valence-corrected chi connectivity index (χ2v) is 7.35. The van der Waals surface area contributed by atoms with E-state index in [0.717, 1.165) is 25.1 Å². The first-order valence-electron chi connectivity index (χ1n) is 8.49. The summed E-state index contributed by atoms with van der Waals surface area (Å²) in [5.41, 5.74) is 2.40. The molecule has 1 aromatic heterocycles. The first-order valence-corrected chi connectivity index (χ1v) is 8.49. The molecule has 3 N–H and O–H groups in total. The molecule has 0 bridgehead atoms. The minimum Gasteiger partial charge on any atom is -0.353 e. The fourth-order valence-corrected chi connectivity index (χ4v) is 3.07. The number of hydrogen-bond donors (Lipinski definition) is 3. The van der Waals surface area contributed by atoms with Crippen molar-refractivity contribution in [3.63, 3.8) is 0 Å². The molecule has 5 nitrogen and oxygen atoms in total. The molecule has 2 rings (SSSR count). The van der Waals surface area contributed by atoms with E-state index in [-0.39, 0.29) is 11.3 Å². The Morgan fingerprint density at radius 2 is 2.05 bits per heavy atom. The molecule has 0 aliphatic heterocycles. The van der Waals surface area contributed by atoms with Crippen LogP contribution in [0.1, 0.15) is 70.6 Å². The Kier molecular flexibility index (Phi) is 6.00. The second-order valence-electron chi connectivity index (χ2n) is 7.35. The van der Waals surface area contributed by atoms with Gasteiger partial charge in [-0.15, -0.1) is 0 Å². The van der Waals surface area contributed by atoms with Crippen LogP contribution in [0.4, 0.5) is 0 Å². The highest BCUT2D eigenvalue weighted by Gasteiger charge is 2.19. The summed E-state index contributed by atoms with van der Waals surface area (Å²) in [7, 11) is 0. The number of rotatable bonds is 6. The second kappa shape index (κ2) is 7.77. The third-order valence-electron chi connectivity index (χ3n) is 4.28. The maximum Gasteiger partial charge on any atom is 0.221 e. The summed E-state index contributed by atoms with van der Waals surface area (Å²) >= 11 is 0. The van der Waals surface area contributed by atoms with Gasteiger partial charge in [0.2, 0.25) is 5.91 Å². The van der Waals surface area contributed by atoms with Crippen LogP contribution in [0.15, 0.2) is 6.20 Å². The largest absolute Gasteiger partial charge is 0.353 e. The van der Waals surface area contributed by atoms with Crippen molar-refractivity contribution in [3.05, 3.63) is 17.5 Å². The Balaban J connectivity index is 1.66. The number of nitrogens with zero attached hydrogens (tertiary/aromatic N) is 1. The van der Waals surface area contributed by atoms with E-state index in [2.05, 4.69) is 41.6 Å². The first kappa shape index (κ1) is 17.0. The SMILES string of the molecule is CC(C)(C)c1[nH]ncc1CNCCC(=O)NC1CCCCC1. The van der Waals surface area contributed by atoms with Crippen LogP contribution >= 0.6 is 0 Å². The zero-order valence-electron chi connectivity index (χ0n) is 14.2. The molecular weight excluding hydrogens is 276 g/mol. The molecule has 1 amide bonds. The number of aromatic amines is 1. The number of aromatic nitrogens is 2. The maximum atomic E-state index is 11.9. The zero-order chi connectivity index (χ0) is 16.0. The lowest BCUT2D eigenvalue weighted by Crippen LogP contribution is -2.37. The van der Waals surface area contributed by atoms with Gasteiger partial charge in [0.15, 0.2) is 0 Å². The van der Waals surface area contributed by atoms with Crippen molar-refractivity contribution in [3.8, 4) is 0 Å². The molecule has 1 saturated carbocycles. The minimum atomic E-state index is 0.0614. The van der Waals surface area contributed by atoms with Gasteiger partial charge in [0.05, 0.1) is 6.20 Å². The van der Waals surface area contributed by atoms with Crippen molar-refractivity contribution in [2.75, 3.05) is 6.54 Å². The quantitative estimate of drug-likeness (QED) is 0.708. The van der Waals surface area contributed by atoms with Gasteiger partial charge in [-0.25, -0.2) is 0 Å². The first-order chi connectivity index (χ1) is 10.5. The topological polar surface area (TPSA) is 69.8 Å². The van der Waals surface area contributed by atoms with Crippen molar-refractivity contribution < 1.29 is 4.79 Å². The predicted octanol–water partition coefficient (Wildman–Crippen LogP) is 2.64. The van der Waals surface area contributed by atoms with Crippen LogP contribution in [-0.4, -0.2) is 28.7 Å². The van der Waals surface area contributed by atoms with E-state index in [4.69, 9.17) is 0 Å². The molecule has 1 aliphatic rings. The van der Waals surface area contributed by atoms with Crippen LogP contribution < -0.4 is 10.6 Å². The molecule has 1 aliphatic carbocycles. The van der Waals surface area contributed by atoms with Crippen molar-refractivity contribution in [2.45, 2.75) is 77.3 Å². The molecule has 0 atom stereocenters. The number of carbonyl (C=O) groups excluding carboxylic acids is 1. The standard InChI is InChI=1S/C17H30N4O/c1-17(2,3)16-13(12-19-21-16)11-18-10-9-15(22)20-14-7-5-4-6-8-14/h12,14,18H,4-11H2,1-3H3,(H,19,21)(H,20,22). The van der Waals surface area contributed by atoms with Gasteiger partial charge in [-0.3, -0.25) is 9.89 Å². The Hall–Kier alpha value is -1.36. The molecule has 1 fully saturated rings. The lowest BCUT2D eigenvalue weighted by molar-refractivity contribution is -0.121. The Morgan fingerprint density at radius 3 is 2.73 bits per heavy atom. The number of amides is 1. The highest BCUT2D eigenvalue weighted by molar-refractivity contribution is 5.76. The molecule has 1 heterocycles. The minimum absolute atomic E-state index is 0.0614. The van der Waals surface area contributed by atoms with E-state index in [1.54, 1.807) is 0 Å². The molecular formula is C17H30N4O. The summed E-state index contributed by atoms with van der Waals surface area (Å²) in [5.74, 6) is 0.169. The van der Waals surface area contributed by atoms with Gasteiger partial charge >= 0.3 is 0 Å². The van der Waals surface area contributed by atoms with Crippen LogP contribution in [0.2, 0.25) is 0 Å². The van der Waals surface area contributed by atoms with E-state index in [0.29, 0.717) is 19.0 Å². The monoisotopic (exact) mass is 306 g/mol. The predicted molar refractivity (Wildman–Crippen MR) is 88.6 cm³/mol. The van der Waals surface area contributed by atoms with Gasteiger partial charge in [-0.2, -0.15) is 5.10 Å². The third-order valence-corrected chi connectivity index (χ3v) is 4.28. The highest BCUT2D eigenvalue weighted by atomic mass is 16.1. The number of H-pyrrole nitrogens is 1. The van der Waals surface area contributed by atoms with Crippen molar-refractivity contribution in [2.24, 2.45) is 0 Å². The molecule has 0 unspecified atom stereocenters. The summed E-state index contributed by atoms with van der Waals surface area (Å²) < 4.78 is 0. The average molecular weight is 306 g/mol. The molecule has 0 aromatic carbocycles. The fourth-order valence-electron chi connectivity index (χ4n) is 3.07. The van der Waals surface area contributed by atoms with E-state index in [9.17, 15) is 4.79 Å². The van der Waals surface area contributed by atoms with Crippen molar-refractivity contribution in [1.82, 2.24) is 20.8 Å². The maximum absolute atomic E-state index is 11.9. The van der Waals surface area contributed by atoms with E-state index in [1.807, 2.05) is 6.20 Å². The average Bonchev–Trinajstić information content (AvgIpc) is 2.93. The normalized spacial score (nSPS) is 16.7. The molecule has 22 heavy (non-hydrogen) atoms. The van der Waals surface area contributed by atoms with Gasteiger partial charge in [-0.05, 0) is 12.8 Å². The van der Waals surface area contributed by atoms with Crippen molar-refractivity contribution in [1.29, 1.82) is 0 Å². The Morgan fingerprint density at radius 1 is 1.32 bits per heavy atom. The molecule has 0 radical (unpaired) electrons. The zero-order valence-corrected chi connectivity index (χ0v) is 14.2. The molecule has 124 valence electrons. The summed E-state index contributed by atoms with van der Waals surface area (Å²) in [4.78, 5) is 11.9. The number of hydrogen-bond acceptors (Lipinski definition) is 3. The molecule has 1 aromatic rings. The molecule has 0 spiro atoms. The summed E-state index contributed by atoms with van der Waals surface area (Å²) in [6.07, 6.45) is 8.51. The lowest BCUT2D eigenvalue weighted by Gasteiger charge is -2.22. The smallest absolute Gasteiger partial charge is 0.221 e. The summed E-state index contributed by atoms with van der Waals surface area (Å²) in [5, 5.41) is 13.7. The van der Waals surface area contributed by atoms with Crippen LogP contribution in [0.25, 0.3) is 0 Å². The van der Waals surface area contributed by atoms with Gasteiger partial charge in [0.1, 0.15) is 0 Å². The van der Waals surface area contributed by atoms with Crippen LogP contribution in [0.3, 0.4) is 0 Å². The van der Waals surface area contributed by atoms with Gasteiger partial charge in [0.25, 0.3) is 0 Å². The van der Waals surface area contributed by atoms with E-state index < -0.39 is 0 Å². The molecule has 0 saturated heterocycles. The lowest BCUT2D eigenvalue weighted by atomic mass is 9.89. The van der Waals surface area contributed by atoms with Gasteiger partial charge in [-0.1, -0.05) is 40.0 Å². The van der Waals surface area contributed by atoms with Crippen molar-refractivity contribution >= 4 is 5.91 Å². The van der Waals surface area contributed by atoms with Gasteiger partial charge < -0.3 is 10.6 Å². The Labute approximate surface area is 133 Å². The van der Waals surface area contributed by atoms with E-state index >= 15 is 0 Å². The Bertz CT molecular complexity index is 469. The third kappa shape index (κ3) is 5.13.